The fourth-order valence-corrected chi connectivity index (χ4v) is 1.79. The summed E-state index contributed by atoms with van der Waals surface area (Å²) in [6.45, 7) is 2.43. The van der Waals surface area contributed by atoms with Crippen LogP contribution in [0.2, 0.25) is 0 Å². The van der Waals surface area contributed by atoms with Crippen molar-refractivity contribution in [3.8, 4) is 11.5 Å². The van der Waals surface area contributed by atoms with E-state index in [2.05, 4.69) is 17.4 Å². The van der Waals surface area contributed by atoms with Crippen LogP contribution in [0.15, 0.2) is 18.2 Å². The van der Waals surface area contributed by atoms with Crippen molar-refractivity contribution in [3.63, 3.8) is 0 Å². The van der Waals surface area contributed by atoms with Gasteiger partial charge in [-0.05, 0) is 43.0 Å². The Bertz CT molecular complexity index is 366. The predicted octanol–water partition coefficient (Wildman–Crippen LogP) is 2.34. The lowest BCUT2D eigenvalue weighted by Crippen LogP contribution is -2.15. The average Bonchev–Trinajstić information content (AvgIpc) is 2.95. The predicted molar refractivity (Wildman–Crippen MR) is 64.2 cm³/mol. The summed E-state index contributed by atoms with van der Waals surface area (Å²) in [5.41, 5.74) is 1.26. The zero-order valence-corrected chi connectivity index (χ0v) is 9.89. The molecule has 1 aromatic rings. The highest BCUT2D eigenvalue weighted by Gasteiger charge is 2.20. The van der Waals surface area contributed by atoms with Crippen molar-refractivity contribution < 1.29 is 9.47 Å². The van der Waals surface area contributed by atoms with Crippen LogP contribution in [0.1, 0.15) is 18.4 Å². The molecule has 0 amide bonds. The molecule has 1 fully saturated rings. The molecular weight excluding hydrogens is 226 g/mol. The molecule has 0 atom stereocenters. The van der Waals surface area contributed by atoms with Gasteiger partial charge in [-0.25, -0.2) is 0 Å². The van der Waals surface area contributed by atoms with Gasteiger partial charge in [0.05, 0.1) is 0 Å². The molecular formula is C12H16ClNO2. The number of hydrogen-bond acceptors (Lipinski definition) is 3. The van der Waals surface area contributed by atoms with Crippen molar-refractivity contribution in [1.82, 2.24) is 5.32 Å². The van der Waals surface area contributed by atoms with Gasteiger partial charge in [0.25, 0.3) is 0 Å². The molecule has 88 valence electrons. The van der Waals surface area contributed by atoms with E-state index in [0.29, 0.717) is 6.79 Å². The summed E-state index contributed by atoms with van der Waals surface area (Å²) in [5.74, 6) is 2.67. The normalized spacial score (nSPS) is 17.0. The maximum Gasteiger partial charge on any atom is 0.231 e. The van der Waals surface area contributed by atoms with Crippen LogP contribution in [-0.2, 0) is 6.54 Å². The van der Waals surface area contributed by atoms with E-state index < -0.39 is 0 Å². The van der Waals surface area contributed by atoms with Crippen LogP contribution in [0.4, 0.5) is 0 Å². The Morgan fingerprint density at radius 2 is 2.00 bits per heavy atom. The first kappa shape index (κ1) is 11.6. The Kier molecular flexibility index (Phi) is 3.56. The quantitative estimate of drug-likeness (QED) is 0.878. The zero-order chi connectivity index (χ0) is 10.1. The number of rotatable bonds is 4. The van der Waals surface area contributed by atoms with Crippen LogP contribution in [0.3, 0.4) is 0 Å². The fraction of sp³-hybridized carbons (Fsp3) is 0.500. The summed E-state index contributed by atoms with van der Waals surface area (Å²) >= 11 is 0. The second-order valence-electron chi connectivity index (χ2n) is 4.26. The molecule has 0 bridgehead atoms. The lowest BCUT2D eigenvalue weighted by molar-refractivity contribution is 0.174. The molecule has 0 radical (unpaired) electrons. The third-order valence-electron chi connectivity index (χ3n) is 2.90. The first-order valence-electron chi connectivity index (χ1n) is 5.51. The highest BCUT2D eigenvalue weighted by atomic mass is 35.5. The molecule has 0 aromatic heterocycles. The van der Waals surface area contributed by atoms with Gasteiger partial charge < -0.3 is 14.8 Å². The minimum Gasteiger partial charge on any atom is -0.454 e. The van der Waals surface area contributed by atoms with Gasteiger partial charge in [0.15, 0.2) is 11.5 Å². The Hall–Kier alpha value is -0.930. The summed E-state index contributed by atoms with van der Waals surface area (Å²) in [4.78, 5) is 0. The van der Waals surface area contributed by atoms with E-state index in [-0.39, 0.29) is 12.4 Å². The van der Waals surface area contributed by atoms with Crippen molar-refractivity contribution in [2.24, 2.45) is 5.92 Å². The maximum absolute atomic E-state index is 5.33. The standard InChI is InChI=1S/C12H15NO2.ClH/c1-2-9(1)6-13-7-10-3-4-11-12(5-10)15-8-14-11;/h3-5,9,13H,1-2,6-8H2;1H. The molecule has 2 aliphatic rings. The van der Waals surface area contributed by atoms with Crippen LogP contribution in [0.5, 0.6) is 11.5 Å². The summed E-state index contributed by atoms with van der Waals surface area (Å²) in [6.07, 6.45) is 2.79. The summed E-state index contributed by atoms with van der Waals surface area (Å²) in [7, 11) is 0. The number of halogens is 1. The smallest absolute Gasteiger partial charge is 0.231 e. The molecule has 1 heterocycles. The van der Waals surface area contributed by atoms with Gasteiger partial charge >= 0.3 is 0 Å². The van der Waals surface area contributed by atoms with Gasteiger partial charge in [-0.3, -0.25) is 0 Å². The van der Waals surface area contributed by atoms with Crippen LogP contribution in [0.25, 0.3) is 0 Å². The topological polar surface area (TPSA) is 30.5 Å². The van der Waals surface area contributed by atoms with Crippen molar-refractivity contribution in [3.05, 3.63) is 23.8 Å². The third kappa shape index (κ3) is 2.60. The van der Waals surface area contributed by atoms with Crippen LogP contribution >= 0.6 is 12.4 Å². The molecule has 1 aromatic carbocycles. The molecule has 1 aliphatic carbocycles. The van der Waals surface area contributed by atoms with Crippen LogP contribution in [-0.4, -0.2) is 13.3 Å². The van der Waals surface area contributed by atoms with Gasteiger partial charge in [0.2, 0.25) is 6.79 Å². The Balaban J connectivity index is 0.000000963. The Morgan fingerprint density at radius 3 is 2.81 bits per heavy atom. The van der Waals surface area contributed by atoms with Crippen LogP contribution in [0, 0.1) is 5.92 Å². The lowest BCUT2D eigenvalue weighted by Gasteiger charge is -2.04. The molecule has 3 rings (SSSR count). The summed E-state index contributed by atoms with van der Waals surface area (Å²) in [6, 6.07) is 6.13. The molecule has 1 saturated carbocycles. The number of benzene rings is 1. The molecule has 1 aliphatic heterocycles. The molecule has 0 spiro atoms. The Labute approximate surface area is 102 Å². The van der Waals surface area contributed by atoms with Gasteiger partial charge in [-0.2, -0.15) is 0 Å². The zero-order valence-electron chi connectivity index (χ0n) is 9.07. The Morgan fingerprint density at radius 1 is 1.19 bits per heavy atom. The summed E-state index contributed by atoms with van der Waals surface area (Å²) < 4.78 is 10.6. The molecule has 0 saturated heterocycles. The molecule has 4 heteroatoms. The first-order chi connectivity index (χ1) is 7.42. The minimum atomic E-state index is 0. The SMILES string of the molecule is Cl.c1cc2c(cc1CNCC1CC1)OCO2. The van der Waals surface area contributed by atoms with Gasteiger partial charge in [0.1, 0.15) is 0 Å². The summed E-state index contributed by atoms with van der Waals surface area (Å²) in [5, 5.41) is 3.46. The van der Waals surface area contributed by atoms with Crippen LogP contribution < -0.4 is 14.8 Å². The lowest BCUT2D eigenvalue weighted by atomic mass is 10.2. The molecule has 0 unspecified atom stereocenters. The third-order valence-corrected chi connectivity index (χ3v) is 2.90. The van der Waals surface area contributed by atoms with E-state index in [1.54, 1.807) is 0 Å². The average molecular weight is 242 g/mol. The van der Waals surface area contributed by atoms with Crippen molar-refractivity contribution in [2.45, 2.75) is 19.4 Å². The van der Waals surface area contributed by atoms with E-state index in [0.717, 1.165) is 30.5 Å². The number of hydrogen-bond donors (Lipinski definition) is 1. The van der Waals surface area contributed by atoms with Crippen molar-refractivity contribution >= 4 is 12.4 Å². The molecule has 16 heavy (non-hydrogen) atoms. The van der Waals surface area contributed by atoms with E-state index in [4.69, 9.17) is 9.47 Å². The van der Waals surface area contributed by atoms with Crippen molar-refractivity contribution in [1.29, 1.82) is 0 Å². The first-order valence-corrected chi connectivity index (χ1v) is 5.51. The van der Waals surface area contributed by atoms with E-state index >= 15 is 0 Å². The maximum atomic E-state index is 5.33. The van der Waals surface area contributed by atoms with E-state index in [1.165, 1.54) is 18.4 Å². The van der Waals surface area contributed by atoms with E-state index in [9.17, 15) is 0 Å². The van der Waals surface area contributed by atoms with E-state index in [1.807, 2.05) is 6.07 Å². The van der Waals surface area contributed by atoms with Gasteiger partial charge in [-0.1, -0.05) is 6.07 Å². The minimum absolute atomic E-state index is 0. The van der Waals surface area contributed by atoms with Crippen molar-refractivity contribution in [2.75, 3.05) is 13.3 Å². The largest absolute Gasteiger partial charge is 0.454 e. The number of nitrogens with one attached hydrogen (secondary N) is 1. The molecule has 1 N–H and O–H groups in total. The second-order valence-corrected chi connectivity index (χ2v) is 4.26. The highest BCUT2D eigenvalue weighted by Crippen LogP contribution is 2.32. The highest BCUT2D eigenvalue weighted by molar-refractivity contribution is 5.85. The number of ether oxygens (including phenoxy) is 2. The van der Waals surface area contributed by atoms with Gasteiger partial charge in [0, 0.05) is 6.54 Å². The van der Waals surface area contributed by atoms with Gasteiger partial charge in [-0.15, -0.1) is 12.4 Å². The monoisotopic (exact) mass is 241 g/mol. The fourth-order valence-electron chi connectivity index (χ4n) is 1.79. The molecule has 3 nitrogen and oxygen atoms in total. The second kappa shape index (κ2) is 4.93. The number of fused-ring (bicyclic) bond motifs is 1.